The maximum Gasteiger partial charge on any atom is 0.335 e. The van der Waals surface area contributed by atoms with Crippen molar-refractivity contribution in [3.05, 3.63) is 131 Å². The number of carboxylic acid groups (broad SMARTS) is 1. The number of allylic oxidation sites excluding steroid dienone is 5. The monoisotopic (exact) mass is 626 g/mol. The van der Waals surface area contributed by atoms with E-state index in [9.17, 15) is 14.3 Å². The van der Waals surface area contributed by atoms with Gasteiger partial charge in [-0.2, -0.15) is 0 Å². The quantitative estimate of drug-likeness (QED) is 0.137. The van der Waals surface area contributed by atoms with Crippen molar-refractivity contribution in [3.63, 3.8) is 0 Å². The van der Waals surface area contributed by atoms with Crippen molar-refractivity contribution >= 4 is 34.2 Å². The van der Waals surface area contributed by atoms with Crippen LogP contribution in [-0.2, 0) is 26.1 Å². The Kier molecular flexibility index (Phi) is 9.84. The van der Waals surface area contributed by atoms with Gasteiger partial charge in [0, 0.05) is 29.6 Å². The number of carbonyl (C=O) groups is 1. The van der Waals surface area contributed by atoms with Gasteiger partial charge in [-0.25, -0.2) is 19.2 Å². The zero-order chi connectivity index (χ0) is 31.9. The van der Waals surface area contributed by atoms with Gasteiger partial charge < -0.3 is 19.0 Å². The van der Waals surface area contributed by atoms with E-state index in [0.29, 0.717) is 51.7 Å². The van der Waals surface area contributed by atoms with Crippen LogP contribution in [0.5, 0.6) is 5.88 Å². The molecular formula is C34H32ClFN6O3. The minimum Gasteiger partial charge on any atom is -0.478 e. The van der Waals surface area contributed by atoms with Crippen LogP contribution >= 0.6 is 11.6 Å². The molecule has 0 amide bonds. The molecule has 0 saturated heterocycles. The Morgan fingerprint density at radius 1 is 1.11 bits per heavy atom. The molecule has 3 aromatic heterocycles. The first-order valence-electron chi connectivity index (χ1n) is 14.4. The summed E-state index contributed by atoms with van der Waals surface area (Å²) in [5.74, 6) is 0.411. The Morgan fingerprint density at radius 2 is 1.96 bits per heavy atom. The smallest absolute Gasteiger partial charge is 0.335 e. The van der Waals surface area contributed by atoms with Gasteiger partial charge in [-0.05, 0) is 60.9 Å². The molecule has 0 aliphatic rings. The van der Waals surface area contributed by atoms with E-state index in [1.807, 2.05) is 40.4 Å². The molecule has 9 nitrogen and oxygen atoms in total. The Morgan fingerprint density at radius 3 is 2.71 bits per heavy atom. The number of rotatable bonds is 13. The number of benzene rings is 2. The minimum atomic E-state index is -1.00. The zero-order valence-corrected chi connectivity index (χ0v) is 25.7. The van der Waals surface area contributed by atoms with Gasteiger partial charge >= 0.3 is 5.97 Å². The molecule has 0 bridgehead atoms. The molecule has 1 N–H and O–H groups in total. The molecule has 5 rings (SSSR count). The number of aromatic nitrogens is 6. The van der Waals surface area contributed by atoms with E-state index in [4.69, 9.17) is 21.3 Å². The van der Waals surface area contributed by atoms with Gasteiger partial charge in [-0.1, -0.05) is 55.5 Å². The predicted octanol–water partition coefficient (Wildman–Crippen LogP) is 7.31. The number of imidazole rings is 1. The largest absolute Gasteiger partial charge is 0.478 e. The number of ether oxygens (including phenoxy) is 1. The van der Waals surface area contributed by atoms with E-state index in [1.54, 1.807) is 48.8 Å². The molecule has 230 valence electrons. The topological polar surface area (TPSA) is 108 Å². The van der Waals surface area contributed by atoms with Crippen molar-refractivity contribution in [2.75, 3.05) is 0 Å². The first kappa shape index (κ1) is 31.3. The van der Waals surface area contributed by atoms with Gasteiger partial charge in [-0.3, -0.25) is 0 Å². The third kappa shape index (κ3) is 7.53. The van der Waals surface area contributed by atoms with E-state index in [2.05, 4.69) is 28.7 Å². The lowest BCUT2D eigenvalue weighted by molar-refractivity contribution is 0.0697. The van der Waals surface area contributed by atoms with Crippen LogP contribution in [0.4, 0.5) is 4.39 Å². The number of carboxylic acids is 1. The summed E-state index contributed by atoms with van der Waals surface area (Å²) in [7, 11) is 0. The van der Waals surface area contributed by atoms with Gasteiger partial charge in [0.25, 0.3) is 0 Å². The average Bonchev–Trinajstić information content (AvgIpc) is 3.62. The van der Waals surface area contributed by atoms with Crippen molar-refractivity contribution in [1.29, 1.82) is 0 Å². The molecule has 2 aromatic carbocycles. The fourth-order valence-corrected chi connectivity index (χ4v) is 4.94. The van der Waals surface area contributed by atoms with Crippen LogP contribution in [0.25, 0.3) is 16.6 Å². The van der Waals surface area contributed by atoms with Gasteiger partial charge in [0.05, 0.1) is 28.8 Å². The van der Waals surface area contributed by atoms with E-state index in [0.717, 1.165) is 30.2 Å². The molecular weight excluding hydrogens is 595 g/mol. The average molecular weight is 627 g/mol. The highest BCUT2D eigenvalue weighted by molar-refractivity contribution is 6.30. The van der Waals surface area contributed by atoms with Gasteiger partial charge in [0.2, 0.25) is 5.88 Å². The van der Waals surface area contributed by atoms with Gasteiger partial charge in [0.15, 0.2) is 5.82 Å². The predicted molar refractivity (Wildman–Crippen MR) is 172 cm³/mol. The molecule has 0 saturated carbocycles. The highest BCUT2D eigenvalue weighted by Gasteiger charge is 2.17. The second-order valence-corrected chi connectivity index (χ2v) is 10.8. The van der Waals surface area contributed by atoms with E-state index >= 15 is 0 Å². The third-order valence-corrected chi connectivity index (χ3v) is 7.44. The normalized spacial score (nSPS) is 11.9. The summed E-state index contributed by atoms with van der Waals surface area (Å²) in [4.78, 5) is 21.1. The highest BCUT2D eigenvalue weighted by atomic mass is 35.5. The minimum absolute atomic E-state index is 0.00814. The standard InChI is InChI=1S/C34H32ClFN6O3/c1-4-15-41-21-37-40-32(41)19-42-30-17-24(34(43)44)12-14-29(30)38-31(42)16-23(5-2)10-9-22(3)28-7-6-8-33(39-28)45-20-25-11-13-26(35)18-27(25)36/h5-14,17-18,21H,3-4,15-16,19-20H2,1-2H3,(H,43,44)/b10-9-,23-5+. The van der Waals surface area contributed by atoms with E-state index in [-0.39, 0.29) is 12.2 Å². The summed E-state index contributed by atoms with van der Waals surface area (Å²) in [6.45, 7) is 9.37. The summed E-state index contributed by atoms with van der Waals surface area (Å²) in [5.41, 5.74) is 4.19. The first-order valence-corrected chi connectivity index (χ1v) is 14.8. The molecule has 45 heavy (non-hydrogen) atoms. The van der Waals surface area contributed by atoms with Crippen LogP contribution in [0.15, 0.2) is 91.3 Å². The van der Waals surface area contributed by atoms with Crippen LogP contribution in [0, 0.1) is 5.82 Å². The highest BCUT2D eigenvalue weighted by Crippen LogP contribution is 2.24. The van der Waals surface area contributed by atoms with Crippen LogP contribution in [0.3, 0.4) is 0 Å². The van der Waals surface area contributed by atoms with Crippen molar-refractivity contribution in [3.8, 4) is 5.88 Å². The molecule has 0 unspecified atom stereocenters. The Hall–Kier alpha value is -5.09. The number of halogens is 2. The van der Waals surface area contributed by atoms with Crippen LogP contribution in [-0.4, -0.2) is 40.4 Å². The summed E-state index contributed by atoms with van der Waals surface area (Å²) in [5, 5.41) is 18.3. The Bertz CT molecular complexity index is 1930. The number of nitrogens with zero attached hydrogens (tertiary/aromatic N) is 6. The van der Waals surface area contributed by atoms with Gasteiger partial charge in [-0.15, -0.1) is 10.2 Å². The molecule has 0 aliphatic carbocycles. The number of aryl methyl sites for hydroxylation is 1. The summed E-state index contributed by atoms with van der Waals surface area (Å²) < 4.78 is 23.9. The lowest BCUT2D eigenvalue weighted by atomic mass is 10.1. The van der Waals surface area contributed by atoms with Crippen LogP contribution in [0.1, 0.15) is 53.5 Å². The number of hydrogen-bond donors (Lipinski definition) is 1. The first-order chi connectivity index (χ1) is 21.7. The number of aromatic carboxylic acids is 1. The zero-order valence-electron chi connectivity index (χ0n) is 25.0. The Labute approximate surface area is 265 Å². The van der Waals surface area contributed by atoms with Crippen molar-refractivity contribution in [1.82, 2.24) is 29.3 Å². The molecule has 0 fully saturated rings. The van der Waals surface area contributed by atoms with Crippen molar-refractivity contribution in [2.24, 2.45) is 0 Å². The number of hydrogen-bond acceptors (Lipinski definition) is 6. The van der Waals surface area contributed by atoms with Gasteiger partial charge in [0.1, 0.15) is 24.6 Å². The number of fused-ring (bicyclic) bond motifs is 1. The second kappa shape index (κ2) is 14.1. The summed E-state index contributed by atoms with van der Waals surface area (Å²) >= 11 is 5.84. The maximum absolute atomic E-state index is 14.2. The second-order valence-electron chi connectivity index (χ2n) is 10.3. The van der Waals surface area contributed by atoms with Crippen molar-refractivity contribution in [2.45, 2.75) is 46.4 Å². The summed E-state index contributed by atoms with van der Waals surface area (Å²) in [6, 6.07) is 14.7. The molecule has 5 aromatic rings. The van der Waals surface area contributed by atoms with Crippen LogP contribution in [0.2, 0.25) is 5.02 Å². The molecule has 0 atom stereocenters. The molecule has 3 heterocycles. The van der Waals surface area contributed by atoms with Crippen molar-refractivity contribution < 1.29 is 19.0 Å². The Balaban J connectivity index is 1.35. The SMILES string of the molecule is C=C(/C=C\C(=C/C)Cc1nc2ccc(C(=O)O)cc2n1Cc1nncn1CCC)c1cccc(OCc2ccc(Cl)cc2F)n1. The summed E-state index contributed by atoms with van der Waals surface area (Å²) in [6.07, 6.45) is 8.91. The van der Waals surface area contributed by atoms with E-state index in [1.165, 1.54) is 6.07 Å². The third-order valence-electron chi connectivity index (χ3n) is 7.21. The van der Waals surface area contributed by atoms with E-state index < -0.39 is 11.8 Å². The molecule has 0 aliphatic heterocycles. The lowest BCUT2D eigenvalue weighted by Gasteiger charge is -2.11. The lowest BCUT2D eigenvalue weighted by Crippen LogP contribution is -2.12. The number of pyridine rings is 1. The fraction of sp³-hybridized carbons (Fsp3) is 0.206. The molecule has 11 heteroatoms. The van der Waals surface area contributed by atoms with Crippen LogP contribution < -0.4 is 4.74 Å². The molecule has 0 spiro atoms. The maximum atomic E-state index is 14.2. The molecule has 0 radical (unpaired) electrons. The fourth-order valence-electron chi connectivity index (χ4n) is 4.78.